The van der Waals surface area contributed by atoms with Crippen LogP contribution in [0.4, 0.5) is 0 Å². The van der Waals surface area contributed by atoms with Crippen LogP contribution in [0.2, 0.25) is 0 Å². The maximum absolute atomic E-state index is 5.33. The first-order chi connectivity index (χ1) is 5.36. The van der Waals surface area contributed by atoms with Gasteiger partial charge >= 0.3 is 0 Å². The van der Waals surface area contributed by atoms with Crippen molar-refractivity contribution in [3.8, 4) is 0 Å². The van der Waals surface area contributed by atoms with Crippen molar-refractivity contribution in [2.45, 2.75) is 38.4 Å². The third-order valence-electron chi connectivity index (χ3n) is 1.86. The highest BCUT2D eigenvalue weighted by molar-refractivity contribution is 4.68. The van der Waals surface area contributed by atoms with Crippen molar-refractivity contribution >= 4 is 0 Å². The highest BCUT2D eigenvalue weighted by Gasteiger charge is 2.34. The smallest absolute Gasteiger partial charge is 0.191 e. The summed E-state index contributed by atoms with van der Waals surface area (Å²) in [5.41, 5.74) is 0. The van der Waals surface area contributed by atoms with Crippen molar-refractivity contribution < 1.29 is 19.2 Å². The molecule has 0 aromatic heterocycles. The first kappa shape index (κ1) is 7.49. The van der Waals surface area contributed by atoms with Crippen LogP contribution in [0.1, 0.15) is 19.8 Å². The Balaban J connectivity index is 1.93. The van der Waals surface area contributed by atoms with Crippen molar-refractivity contribution in [3.05, 3.63) is 0 Å². The molecule has 0 N–H and O–H groups in total. The Bertz CT molecular complexity index is 138. The minimum Gasteiger partial charge on any atom is -0.350 e. The van der Waals surface area contributed by atoms with E-state index in [1.54, 1.807) is 6.92 Å². The van der Waals surface area contributed by atoms with Gasteiger partial charge in [0.2, 0.25) is 0 Å². The largest absolute Gasteiger partial charge is 0.350 e. The van der Waals surface area contributed by atoms with Gasteiger partial charge in [-0.3, -0.25) is 0 Å². The van der Waals surface area contributed by atoms with E-state index in [1.165, 1.54) is 0 Å². The minimum absolute atomic E-state index is 0.0278. The molecule has 11 heavy (non-hydrogen) atoms. The van der Waals surface area contributed by atoms with Crippen molar-refractivity contribution in [2.24, 2.45) is 0 Å². The predicted molar refractivity (Wildman–Crippen MR) is 35.5 cm³/mol. The third-order valence-corrected chi connectivity index (χ3v) is 1.86. The molecule has 2 aliphatic rings. The molecule has 3 atom stereocenters. The normalized spacial score (nSPS) is 45.0. The fourth-order valence-electron chi connectivity index (χ4n) is 1.31. The molecule has 0 unspecified atom stereocenters. The van der Waals surface area contributed by atoms with E-state index in [0.29, 0.717) is 0 Å². The zero-order valence-electron chi connectivity index (χ0n) is 6.49. The molecule has 4 heteroatoms. The molecule has 0 spiro atoms. The molecule has 64 valence electrons. The molecule has 4 nitrogen and oxygen atoms in total. The molecule has 2 fully saturated rings. The molecular formula is C7H12O4. The number of rotatable bonds is 0. The van der Waals surface area contributed by atoms with Gasteiger partial charge in [0.1, 0.15) is 6.10 Å². The number of hydrogen-bond acceptors (Lipinski definition) is 4. The Morgan fingerprint density at radius 1 is 1.27 bits per heavy atom. The summed E-state index contributed by atoms with van der Waals surface area (Å²) in [4.78, 5) is 9.89. The van der Waals surface area contributed by atoms with Gasteiger partial charge in [0.15, 0.2) is 12.6 Å². The first-order valence-electron chi connectivity index (χ1n) is 3.95. The average molecular weight is 160 g/mol. The second-order valence-corrected chi connectivity index (χ2v) is 2.82. The van der Waals surface area contributed by atoms with E-state index in [-0.39, 0.29) is 18.7 Å². The van der Waals surface area contributed by atoms with Gasteiger partial charge in [0, 0.05) is 6.61 Å². The van der Waals surface area contributed by atoms with Crippen LogP contribution in [0.3, 0.4) is 0 Å². The lowest BCUT2D eigenvalue weighted by Crippen LogP contribution is -2.45. The van der Waals surface area contributed by atoms with Crippen LogP contribution in [-0.4, -0.2) is 25.3 Å². The summed E-state index contributed by atoms with van der Waals surface area (Å²) in [5, 5.41) is 0. The number of fused-ring (bicyclic) bond motifs is 1. The van der Waals surface area contributed by atoms with Gasteiger partial charge in [-0.15, -0.1) is 0 Å². The fraction of sp³-hybridized carbons (Fsp3) is 1.00. The minimum atomic E-state index is -0.311. The number of ether oxygens (including phenoxy) is 2. The molecule has 0 aliphatic carbocycles. The van der Waals surface area contributed by atoms with E-state index in [2.05, 4.69) is 0 Å². The fourth-order valence-corrected chi connectivity index (χ4v) is 1.31. The van der Waals surface area contributed by atoms with Gasteiger partial charge in [-0.2, -0.15) is 0 Å². The maximum Gasteiger partial charge on any atom is 0.191 e. The van der Waals surface area contributed by atoms with Gasteiger partial charge in [-0.05, 0) is 19.8 Å². The summed E-state index contributed by atoms with van der Waals surface area (Å²) in [6, 6.07) is 0. The molecule has 2 heterocycles. The van der Waals surface area contributed by atoms with Crippen LogP contribution in [0.5, 0.6) is 0 Å². The van der Waals surface area contributed by atoms with Gasteiger partial charge in [0.25, 0.3) is 0 Å². The van der Waals surface area contributed by atoms with Crippen molar-refractivity contribution in [2.75, 3.05) is 6.61 Å². The standard InChI is InChI=1S/C7H12O4/c1-5-9-7-6(11-10-5)3-2-4-8-7/h5-7H,2-4H2,1H3/t5-,6-,7-/m0/s1. The molecule has 0 amide bonds. The van der Waals surface area contributed by atoms with Crippen LogP contribution in [0.15, 0.2) is 0 Å². The van der Waals surface area contributed by atoms with E-state index in [9.17, 15) is 0 Å². The summed E-state index contributed by atoms with van der Waals surface area (Å²) < 4.78 is 10.6. The first-order valence-corrected chi connectivity index (χ1v) is 3.95. The van der Waals surface area contributed by atoms with E-state index in [0.717, 1.165) is 19.4 Å². The van der Waals surface area contributed by atoms with E-state index < -0.39 is 0 Å². The summed E-state index contributed by atoms with van der Waals surface area (Å²) in [7, 11) is 0. The lowest BCUT2D eigenvalue weighted by atomic mass is 10.1. The van der Waals surface area contributed by atoms with Crippen LogP contribution in [-0.2, 0) is 19.2 Å². The van der Waals surface area contributed by atoms with Crippen LogP contribution >= 0.6 is 0 Å². The van der Waals surface area contributed by atoms with E-state index in [4.69, 9.17) is 19.2 Å². The van der Waals surface area contributed by atoms with Gasteiger partial charge in [-0.25, -0.2) is 9.78 Å². The number of hydrogen-bond donors (Lipinski definition) is 0. The lowest BCUT2D eigenvalue weighted by Gasteiger charge is -2.36. The van der Waals surface area contributed by atoms with E-state index >= 15 is 0 Å². The van der Waals surface area contributed by atoms with E-state index in [1.807, 2.05) is 0 Å². The van der Waals surface area contributed by atoms with Crippen molar-refractivity contribution in [1.82, 2.24) is 0 Å². The van der Waals surface area contributed by atoms with Crippen LogP contribution in [0.25, 0.3) is 0 Å². The second-order valence-electron chi connectivity index (χ2n) is 2.82. The third kappa shape index (κ3) is 1.54. The summed E-state index contributed by atoms with van der Waals surface area (Å²) in [6.07, 6.45) is 1.42. The quantitative estimate of drug-likeness (QED) is 0.491. The zero-order chi connectivity index (χ0) is 7.68. The van der Waals surface area contributed by atoms with Crippen molar-refractivity contribution in [1.29, 1.82) is 0 Å². The molecule has 0 radical (unpaired) electrons. The Morgan fingerprint density at radius 2 is 2.18 bits per heavy atom. The average Bonchev–Trinajstić information content (AvgIpc) is 2.04. The molecule has 2 saturated heterocycles. The predicted octanol–water partition coefficient (Wildman–Crippen LogP) is 0.816. The Morgan fingerprint density at radius 3 is 3.09 bits per heavy atom. The summed E-state index contributed by atoms with van der Waals surface area (Å²) in [6.45, 7) is 2.55. The van der Waals surface area contributed by atoms with Gasteiger partial charge in [0.05, 0.1) is 0 Å². The van der Waals surface area contributed by atoms with Crippen molar-refractivity contribution in [3.63, 3.8) is 0 Å². The second kappa shape index (κ2) is 3.06. The Hall–Kier alpha value is -0.160. The topological polar surface area (TPSA) is 36.9 Å². The Kier molecular flexibility index (Phi) is 2.09. The molecule has 0 bridgehead atoms. The molecular weight excluding hydrogens is 148 g/mol. The molecule has 0 aromatic rings. The van der Waals surface area contributed by atoms with Gasteiger partial charge < -0.3 is 9.47 Å². The summed E-state index contributed by atoms with van der Waals surface area (Å²) in [5.74, 6) is 0. The summed E-state index contributed by atoms with van der Waals surface area (Å²) >= 11 is 0. The van der Waals surface area contributed by atoms with Gasteiger partial charge in [-0.1, -0.05) is 0 Å². The van der Waals surface area contributed by atoms with Crippen LogP contribution < -0.4 is 0 Å². The van der Waals surface area contributed by atoms with Crippen LogP contribution in [0, 0.1) is 0 Å². The lowest BCUT2D eigenvalue weighted by molar-refractivity contribution is -0.487. The Labute approximate surface area is 65.3 Å². The maximum atomic E-state index is 5.33. The molecule has 0 saturated carbocycles. The molecule has 2 rings (SSSR count). The zero-order valence-corrected chi connectivity index (χ0v) is 6.49. The highest BCUT2D eigenvalue weighted by atomic mass is 17.2. The monoisotopic (exact) mass is 160 g/mol. The molecule has 0 aromatic carbocycles. The SMILES string of the molecule is C[C@@H]1OO[C@H]2CCCO[C@H]2O1. The highest BCUT2D eigenvalue weighted by Crippen LogP contribution is 2.24. The molecule has 2 aliphatic heterocycles.